The molecule has 0 bridgehead atoms. The van der Waals surface area contributed by atoms with Gasteiger partial charge in [-0.25, -0.2) is 4.79 Å². The fraction of sp³-hybridized carbons (Fsp3) is 0.432. The summed E-state index contributed by atoms with van der Waals surface area (Å²) >= 11 is 0. The number of hydrogen-bond donors (Lipinski definition) is 0. The first-order chi connectivity index (χ1) is 21.7. The Morgan fingerprint density at radius 3 is 2.13 bits per heavy atom. The molecule has 8 heteroatoms. The van der Waals surface area contributed by atoms with Crippen LogP contribution in [0.2, 0.25) is 0 Å². The average molecular weight is 610 g/mol. The van der Waals surface area contributed by atoms with Crippen LogP contribution in [-0.2, 0) is 4.74 Å². The highest BCUT2D eigenvalue weighted by Crippen LogP contribution is 2.33. The summed E-state index contributed by atoms with van der Waals surface area (Å²) in [6.07, 6.45) is 4.21. The van der Waals surface area contributed by atoms with Crippen molar-refractivity contribution in [1.82, 2.24) is 24.6 Å². The molecular formula is C37H47N5O3. The fourth-order valence-electron chi connectivity index (χ4n) is 5.75. The van der Waals surface area contributed by atoms with E-state index in [2.05, 4.69) is 81.2 Å². The van der Waals surface area contributed by atoms with Crippen LogP contribution in [0.3, 0.4) is 0 Å². The first-order valence-corrected chi connectivity index (χ1v) is 16.2. The van der Waals surface area contributed by atoms with Crippen molar-refractivity contribution in [3.05, 3.63) is 84.2 Å². The number of para-hydroxylation sites is 1. The monoisotopic (exact) mass is 609 g/mol. The maximum absolute atomic E-state index is 12.3. The van der Waals surface area contributed by atoms with Gasteiger partial charge in [0.25, 0.3) is 0 Å². The van der Waals surface area contributed by atoms with Crippen LogP contribution in [0, 0.1) is 13.8 Å². The molecule has 0 radical (unpaired) electrons. The Morgan fingerprint density at radius 1 is 0.756 bits per heavy atom. The quantitative estimate of drug-likeness (QED) is 0.162. The van der Waals surface area contributed by atoms with Crippen molar-refractivity contribution < 1.29 is 14.3 Å². The summed E-state index contributed by atoms with van der Waals surface area (Å²) in [4.78, 5) is 16.6. The van der Waals surface area contributed by atoms with Gasteiger partial charge in [0.1, 0.15) is 17.2 Å². The van der Waals surface area contributed by atoms with E-state index in [4.69, 9.17) is 9.47 Å². The number of ether oxygens (including phenoxy) is 2. The Balaban J connectivity index is 1.12. The molecule has 0 unspecified atom stereocenters. The minimum atomic E-state index is -0.451. The molecule has 0 spiro atoms. The molecule has 8 nitrogen and oxygen atoms in total. The second-order valence-corrected chi connectivity index (χ2v) is 12.8. The first kappa shape index (κ1) is 32.2. The van der Waals surface area contributed by atoms with Crippen LogP contribution in [0.1, 0.15) is 57.8 Å². The largest absolute Gasteiger partial charge is 0.491 e. The lowest BCUT2D eigenvalue weighted by molar-refractivity contribution is 0.0144. The Bertz CT molecular complexity index is 1530. The summed E-state index contributed by atoms with van der Waals surface area (Å²) in [7, 11) is 0. The number of aryl methyl sites for hydroxylation is 2. The summed E-state index contributed by atoms with van der Waals surface area (Å²) in [5, 5.41) is 9.03. The minimum Gasteiger partial charge on any atom is -0.491 e. The van der Waals surface area contributed by atoms with Gasteiger partial charge in [0.2, 0.25) is 0 Å². The third kappa shape index (κ3) is 8.51. The molecule has 1 fully saturated rings. The molecule has 238 valence electrons. The van der Waals surface area contributed by atoms with Crippen LogP contribution < -0.4 is 4.74 Å². The van der Waals surface area contributed by atoms with E-state index in [1.807, 2.05) is 50.8 Å². The van der Waals surface area contributed by atoms with Gasteiger partial charge >= 0.3 is 6.09 Å². The van der Waals surface area contributed by atoms with E-state index in [0.717, 1.165) is 92.6 Å². The molecule has 45 heavy (non-hydrogen) atoms. The van der Waals surface area contributed by atoms with E-state index < -0.39 is 5.60 Å². The standard InChI is InChI=1S/C37H47N5O3/c1-28-14-13-17-33(44-27-12-7-6-11-22-40-23-25-41(26-24-40)36(43)45-37(3,4)5)34(28)42-29(2)38-39-35(42)32-20-18-31(19-21-32)30-15-9-8-10-16-30/h8-10,13-21H,6-7,11-12,22-27H2,1-5H3. The maximum atomic E-state index is 12.3. The normalized spacial score (nSPS) is 14.0. The summed E-state index contributed by atoms with van der Waals surface area (Å²) in [6.45, 7) is 14.8. The molecule has 0 N–H and O–H groups in total. The van der Waals surface area contributed by atoms with Crippen molar-refractivity contribution in [3.63, 3.8) is 0 Å². The van der Waals surface area contributed by atoms with Crippen molar-refractivity contribution in [2.45, 2.75) is 65.9 Å². The molecule has 1 aliphatic heterocycles. The van der Waals surface area contributed by atoms with E-state index in [0.29, 0.717) is 6.61 Å². The molecule has 1 aliphatic rings. The van der Waals surface area contributed by atoms with E-state index >= 15 is 0 Å². The maximum Gasteiger partial charge on any atom is 0.410 e. The number of carbonyl (C=O) groups excluding carboxylic acids is 1. The van der Waals surface area contributed by atoms with E-state index in [9.17, 15) is 4.79 Å². The van der Waals surface area contributed by atoms with E-state index in [-0.39, 0.29) is 6.09 Å². The first-order valence-electron chi connectivity index (χ1n) is 16.2. The van der Waals surface area contributed by atoms with E-state index in [1.54, 1.807) is 0 Å². The molecule has 4 aromatic rings. The molecule has 2 heterocycles. The second-order valence-electron chi connectivity index (χ2n) is 12.8. The summed E-state index contributed by atoms with van der Waals surface area (Å²) < 4.78 is 14.0. The Hall–Kier alpha value is -4.17. The van der Waals surface area contributed by atoms with Crippen LogP contribution >= 0.6 is 0 Å². The van der Waals surface area contributed by atoms with Crippen molar-refractivity contribution in [3.8, 4) is 34.0 Å². The van der Waals surface area contributed by atoms with Gasteiger partial charge in [-0.3, -0.25) is 9.47 Å². The number of unbranched alkanes of at least 4 members (excludes halogenated alkanes) is 3. The van der Waals surface area contributed by atoms with Crippen LogP contribution in [0.5, 0.6) is 5.75 Å². The SMILES string of the molecule is Cc1cccc(OCCCCCCN2CCN(C(=O)OC(C)(C)C)CC2)c1-n1c(C)nnc1-c1ccc(-c2ccccc2)cc1. The van der Waals surface area contributed by atoms with Crippen LogP contribution in [0.25, 0.3) is 28.2 Å². The van der Waals surface area contributed by atoms with Gasteiger partial charge < -0.3 is 14.4 Å². The number of benzene rings is 3. The topological polar surface area (TPSA) is 72.7 Å². The predicted octanol–water partition coefficient (Wildman–Crippen LogP) is 7.71. The summed E-state index contributed by atoms with van der Waals surface area (Å²) in [5.74, 6) is 2.48. The number of nitrogens with zero attached hydrogens (tertiary/aromatic N) is 5. The highest BCUT2D eigenvalue weighted by atomic mass is 16.6. The number of amides is 1. The highest BCUT2D eigenvalue weighted by molar-refractivity contribution is 5.70. The van der Waals surface area contributed by atoms with Crippen molar-refractivity contribution in [2.75, 3.05) is 39.3 Å². The molecule has 0 saturated carbocycles. The molecule has 1 amide bonds. The van der Waals surface area contributed by atoms with Gasteiger partial charge in [-0.1, -0.05) is 79.6 Å². The lowest BCUT2D eigenvalue weighted by Gasteiger charge is -2.35. The van der Waals surface area contributed by atoms with Gasteiger partial charge in [-0.15, -0.1) is 10.2 Å². The van der Waals surface area contributed by atoms with Crippen molar-refractivity contribution in [1.29, 1.82) is 0 Å². The Labute approximate surface area is 268 Å². The summed E-state index contributed by atoms with van der Waals surface area (Å²) in [5.41, 5.74) is 5.03. The Morgan fingerprint density at radius 2 is 1.42 bits per heavy atom. The van der Waals surface area contributed by atoms with Crippen molar-refractivity contribution >= 4 is 6.09 Å². The fourth-order valence-corrected chi connectivity index (χ4v) is 5.75. The lowest BCUT2D eigenvalue weighted by atomic mass is 10.0. The number of aromatic nitrogens is 3. The van der Waals surface area contributed by atoms with E-state index in [1.165, 1.54) is 11.1 Å². The van der Waals surface area contributed by atoms with Crippen molar-refractivity contribution in [2.24, 2.45) is 0 Å². The number of hydrogen-bond acceptors (Lipinski definition) is 6. The molecule has 3 aromatic carbocycles. The lowest BCUT2D eigenvalue weighted by Crippen LogP contribution is -2.50. The average Bonchev–Trinajstić information content (AvgIpc) is 3.41. The van der Waals surface area contributed by atoms with Crippen LogP contribution in [-0.4, -0.2) is 75.6 Å². The van der Waals surface area contributed by atoms with Gasteiger partial charge in [0.05, 0.1) is 12.3 Å². The number of carbonyl (C=O) groups is 1. The zero-order valence-corrected chi connectivity index (χ0v) is 27.5. The van der Waals surface area contributed by atoms with Gasteiger partial charge in [0, 0.05) is 31.7 Å². The van der Waals surface area contributed by atoms with Crippen LogP contribution in [0.4, 0.5) is 4.79 Å². The van der Waals surface area contributed by atoms with Gasteiger partial charge in [-0.05, 0) is 76.8 Å². The smallest absolute Gasteiger partial charge is 0.410 e. The third-order valence-corrected chi connectivity index (χ3v) is 8.15. The zero-order chi connectivity index (χ0) is 31.8. The number of rotatable bonds is 11. The minimum absolute atomic E-state index is 0.202. The molecule has 1 aromatic heterocycles. The molecule has 1 saturated heterocycles. The number of piperazine rings is 1. The predicted molar refractivity (Wildman–Crippen MR) is 180 cm³/mol. The molecule has 0 atom stereocenters. The van der Waals surface area contributed by atoms with Gasteiger partial charge in [-0.2, -0.15) is 0 Å². The summed E-state index contributed by atoms with van der Waals surface area (Å²) in [6, 6.07) is 25.1. The Kier molecular flexibility index (Phi) is 10.6. The second kappa shape index (κ2) is 14.7. The van der Waals surface area contributed by atoms with Gasteiger partial charge in [0.15, 0.2) is 5.82 Å². The molecule has 5 rings (SSSR count). The highest BCUT2D eigenvalue weighted by Gasteiger charge is 2.25. The molecular weight excluding hydrogens is 562 g/mol. The van der Waals surface area contributed by atoms with Crippen LogP contribution in [0.15, 0.2) is 72.8 Å². The zero-order valence-electron chi connectivity index (χ0n) is 27.5. The third-order valence-electron chi connectivity index (χ3n) is 8.15. The molecule has 0 aliphatic carbocycles.